The Balaban J connectivity index is 2.64. The first kappa shape index (κ1) is 18.3. The van der Waals surface area contributed by atoms with E-state index < -0.39 is 0 Å². The summed E-state index contributed by atoms with van der Waals surface area (Å²) in [5, 5.41) is 2.33. The summed E-state index contributed by atoms with van der Waals surface area (Å²) in [6.07, 6.45) is 2.18. The molecule has 0 aliphatic carbocycles. The maximum Gasteiger partial charge on any atom is 0.175 e. The fourth-order valence-electron chi connectivity index (χ4n) is 2.01. The summed E-state index contributed by atoms with van der Waals surface area (Å²) in [5.41, 5.74) is 1.25. The van der Waals surface area contributed by atoms with Crippen molar-refractivity contribution in [1.82, 2.24) is 0 Å². The Morgan fingerprint density at radius 1 is 1.29 bits per heavy atom. The van der Waals surface area contributed by atoms with Gasteiger partial charge in [-0.3, -0.25) is 0 Å². The molecule has 1 aromatic carbocycles. The summed E-state index contributed by atoms with van der Waals surface area (Å²) < 4.78 is 12.3. The van der Waals surface area contributed by atoms with Crippen molar-refractivity contribution < 1.29 is 19.7 Å². The van der Waals surface area contributed by atoms with E-state index in [1.54, 1.807) is 7.11 Å². The van der Waals surface area contributed by atoms with Crippen molar-refractivity contribution in [2.24, 2.45) is 0 Å². The largest absolute Gasteiger partial charge is 0.493 e. The predicted octanol–water partition coefficient (Wildman–Crippen LogP) is 0.845. The minimum atomic E-state index is 0.725. The lowest BCUT2D eigenvalue weighted by Crippen LogP contribution is -3.09. The number of benzene rings is 1. The van der Waals surface area contributed by atoms with E-state index in [2.05, 4.69) is 54.4 Å². The number of hydrogen-bond acceptors (Lipinski definition) is 2. The Morgan fingerprint density at radius 3 is 2.67 bits per heavy atom. The summed E-state index contributed by atoms with van der Waals surface area (Å²) in [5.74, 6) is 1.62. The molecule has 0 saturated carbocycles. The third kappa shape index (κ3) is 6.68. The van der Waals surface area contributed by atoms with Crippen LogP contribution in [0.1, 0.15) is 25.3 Å². The molecule has 1 rings (SSSR count). The van der Waals surface area contributed by atoms with Gasteiger partial charge in [-0.15, -0.1) is 0 Å². The van der Waals surface area contributed by atoms with Gasteiger partial charge >= 0.3 is 0 Å². The van der Waals surface area contributed by atoms with Gasteiger partial charge in [0.2, 0.25) is 0 Å². The SMILES string of the molecule is CCCCOc1c(Br)cc(C[NH2+]CC[NH+](C)C)cc1OC. The second-order valence-electron chi connectivity index (χ2n) is 5.55. The average molecular weight is 361 g/mol. The van der Waals surface area contributed by atoms with Crippen LogP contribution >= 0.6 is 15.9 Å². The molecule has 0 saturated heterocycles. The lowest BCUT2D eigenvalue weighted by Gasteiger charge is -2.14. The normalized spacial score (nSPS) is 11.0. The molecular formula is C16H29BrN2O2+2. The third-order valence-electron chi connectivity index (χ3n) is 3.26. The number of likely N-dealkylation sites (N-methyl/N-ethyl adjacent to an activating group) is 1. The molecule has 0 aromatic heterocycles. The van der Waals surface area contributed by atoms with Crippen LogP contribution in [0.4, 0.5) is 0 Å². The minimum absolute atomic E-state index is 0.725. The van der Waals surface area contributed by atoms with E-state index in [-0.39, 0.29) is 0 Å². The van der Waals surface area contributed by atoms with E-state index in [9.17, 15) is 0 Å². The third-order valence-corrected chi connectivity index (χ3v) is 3.85. The maximum atomic E-state index is 5.83. The summed E-state index contributed by atoms with van der Waals surface area (Å²) in [6.45, 7) is 6.12. The molecule has 0 heterocycles. The number of quaternary nitrogens is 2. The summed E-state index contributed by atoms with van der Waals surface area (Å²) in [4.78, 5) is 1.48. The highest BCUT2D eigenvalue weighted by atomic mass is 79.9. The monoisotopic (exact) mass is 360 g/mol. The van der Waals surface area contributed by atoms with Crippen LogP contribution in [0, 0.1) is 0 Å². The maximum absolute atomic E-state index is 5.83. The number of halogens is 1. The molecule has 0 atom stereocenters. The first-order valence-corrected chi connectivity index (χ1v) is 8.47. The van der Waals surface area contributed by atoms with E-state index in [1.165, 1.54) is 10.5 Å². The highest BCUT2D eigenvalue weighted by Gasteiger charge is 2.12. The molecule has 1 aromatic rings. The van der Waals surface area contributed by atoms with Gasteiger partial charge in [-0.25, -0.2) is 0 Å². The first-order valence-electron chi connectivity index (χ1n) is 7.68. The zero-order valence-corrected chi connectivity index (χ0v) is 15.3. The average Bonchev–Trinajstić information content (AvgIpc) is 2.45. The van der Waals surface area contributed by atoms with Gasteiger partial charge in [0.05, 0.1) is 32.3 Å². The molecule has 5 heteroatoms. The van der Waals surface area contributed by atoms with Gasteiger partial charge in [0.1, 0.15) is 19.6 Å². The molecular weight excluding hydrogens is 332 g/mol. The summed E-state index contributed by atoms with van der Waals surface area (Å²) in [7, 11) is 6.04. The van der Waals surface area contributed by atoms with Crippen molar-refractivity contribution >= 4 is 15.9 Å². The Labute approximate surface area is 136 Å². The van der Waals surface area contributed by atoms with Gasteiger partial charge in [0.25, 0.3) is 0 Å². The number of rotatable bonds is 10. The Bertz CT molecular complexity index is 425. The molecule has 0 bridgehead atoms. The van der Waals surface area contributed by atoms with E-state index in [4.69, 9.17) is 9.47 Å². The molecule has 0 radical (unpaired) electrons. The van der Waals surface area contributed by atoms with Crippen molar-refractivity contribution in [2.75, 3.05) is 40.9 Å². The highest BCUT2D eigenvalue weighted by molar-refractivity contribution is 9.10. The van der Waals surface area contributed by atoms with E-state index in [0.717, 1.165) is 55.1 Å². The minimum Gasteiger partial charge on any atom is -0.493 e. The fraction of sp³-hybridized carbons (Fsp3) is 0.625. The van der Waals surface area contributed by atoms with Crippen molar-refractivity contribution in [1.29, 1.82) is 0 Å². The quantitative estimate of drug-likeness (QED) is 0.607. The van der Waals surface area contributed by atoms with Gasteiger partial charge in [-0.1, -0.05) is 13.3 Å². The van der Waals surface area contributed by atoms with Gasteiger partial charge in [-0.2, -0.15) is 0 Å². The van der Waals surface area contributed by atoms with Crippen LogP contribution in [0.25, 0.3) is 0 Å². The number of unbranched alkanes of at least 4 members (excludes halogenated alkanes) is 1. The van der Waals surface area contributed by atoms with Crippen LogP contribution in [-0.2, 0) is 6.54 Å². The van der Waals surface area contributed by atoms with E-state index in [1.807, 2.05) is 0 Å². The zero-order valence-electron chi connectivity index (χ0n) is 13.7. The van der Waals surface area contributed by atoms with Crippen LogP contribution in [-0.4, -0.2) is 40.9 Å². The van der Waals surface area contributed by atoms with Crippen LogP contribution in [0.5, 0.6) is 11.5 Å². The van der Waals surface area contributed by atoms with Gasteiger partial charge in [0, 0.05) is 5.56 Å². The Morgan fingerprint density at radius 2 is 2.05 bits per heavy atom. The molecule has 120 valence electrons. The Kier molecular flexibility index (Phi) is 8.73. The summed E-state index contributed by atoms with van der Waals surface area (Å²) in [6, 6.07) is 4.20. The predicted molar refractivity (Wildman–Crippen MR) is 89.3 cm³/mol. The molecule has 0 spiro atoms. The standard InChI is InChI=1S/C16H27BrN2O2/c1-5-6-9-21-16-14(17)10-13(11-15(16)20-4)12-18-7-8-19(2)3/h10-11,18H,5-9,12H2,1-4H3/p+2. The smallest absolute Gasteiger partial charge is 0.175 e. The molecule has 4 nitrogen and oxygen atoms in total. The van der Waals surface area contributed by atoms with Gasteiger partial charge < -0.3 is 19.7 Å². The lowest BCUT2D eigenvalue weighted by molar-refractivity contribution is -0.875. The summed E-state index contributed by atoms with van der Waals surface area (Å²) >= 11 is 3.60. The Hall–Kier alpha value is -0.780. The number of methoxy groups -OCH3 is 1. The van der Waals surface area contributed by atoms with Gasteiger partial charge in [-0.05, 0) is 34.5 Å². The van der Waals surface area contributed by atoms with Crippen LogP contribution in [0.15, 0.2) is 16.6 Å². The number of nitrogens with one attached hydrogen (secondary N) is 1. The molecule has 0 unspecified atom stereocenters. The molecule has 0 fully saturated rings. The first-order chi connectivity index (χ1) is 10.1. The molecule has 0 aliphatic rings. The second kappa shape index (κ2) is 10.0. The molecule has 0 aliphatic heterocycles. The van der Waals surface area contributed by atoms with Crippen molar-refractivity contribution in [3.8, 4) is 11.5 Å². The lowest BCUT2D eigenvalue weighted by atomic mass is 10.2. The van der Waals surface area contributed by atoms with Crippen molar-refractivity contribution in [3.63, 3.8) is 0 Å². The topological polar surface area (TPSA) is 39.5 Å². The number of ether oxygens (including phenoxy) is 2. The van der Waals surface area contributed by atoms with Crippen LogP contribution < -0.4 is 19.7 Å². The molecule has 0 amide bonds. The van der Waals surface area contributed by atoms with Crippen molar-refractivity contribution in [2.45, 2.75) is 26.3 Å². The van der Waals surface area contributed by atoms with E-state index in [0.29, 0.717) is 0 Å². The number of nitrogens with two attached hydrogens (primary N) is 1. The fourth-order valence-corrected chi connectivity index (χ4v) is 2.61. The number of hydrogen-bond donors (Lipinski definition) is 2. The van der Waals surface area contributed by atoms with E-state index >= 15 is 0 Å². The van der Waals surface area contributed by atoms with Crippen LogP contribution in [0.2, 0.25) is 0 Å². The molecule has 3 N–H and O–H groups in total. The molecule has 21 heavy (non-hydrogen) atoms. The van der Waals surface area contributed by atoms with Crippen LogP contribution in [0.3, 0.4) is 0 Å². The second-order valence-corrected chi connectivity index (χ2v) is 6.40. The van der Waals surface area contributed by atoms with Crippen molar-refractivity contribution in [3.05, 3.63) is 22.2 Å². The highest BCUT2D eigenvalue weighted by Crippen LogP contribution is 2.36. The van der Waals surface area contributed by atoms with Gasteiger partial charge in [0.15, 0.2) is 11.5 Å². The zero-order chi connectivity index (χ0) is 15.7.